The third-order valence-electron chi connectivity index (χ3n) is 2.92. The molecule has 15 heavy (non-hydrogen) atoms. The molecule has 0 unspecified atom stereocenters. The van der Waals surface area contributed by atoms with Gasteiger partial charge in [0.2, 0.25) is 0 Å². The van der Waals surface area contributed by atoms with Gasteiger partial charge in [-0.15, -0.1) is 34.9 Å². The molecule has 2 aliphatic rings. The van der Waals surface area contributed by atoms with E-state index in [1.165, 1.54) is 23.7 Å². The molecular formula is C11H14S4. The summed E-state index contributed by atoms with van der Waals surface area (Å²) in [7, 11) is 0. The molecule has 0 N–H and O–H groups in total. The number of hydrogen-bond donors (Lipinski definition) is 0. The predicted molar refractivity (Wildman–Crippen MR) is 76.3 cm³/mol. The van der Waals surface area contributed by atoms with E-state index in [1.807, 2.05) is 11.3 Å². The average molecular weight is 275 g/mol. The van der Waals surface area contributed by atoms with Crippen LogP contribution in [0.25, 0.3) is 0 Å². The molecule has 1 aromatic rings. The fourth-order valence-corrected chi connectivity index (χ4v) is 8.09. The Labute approximate surface area is 108 Å². The molecule has 1 aromatic heterocycles. The largest absolute Gasteiger partial charge is 0.153 e. The molecule has 0 aromatic carbocycles. The normalized spacial score (nSPS) is 32.5. The van der Waals surface area contributed by atoms with Crippen LogP contribution in [-0.4, -0.2) is 21.8 Å². The second-order valence-corrected chi connectivity index (χ2v) is 8.96. The van der Waals surface area contributed by atoms with Crippen molar-refractivity contribution in [2.45, 2.75) is 16.3 Å². The first kappa shape index (κ1) is 10.9. The van der Waals surface area contributed by atoms with E-state index < -0.39 is 0 Å². The van der Waals surface area contributed by atoms with E-state index in [9.17, 15) is 0 Å². The van der Waals surface area contributed by atoms with E-state index in [0.29, 0.717) is 0 Å². The van der Waals surface area contributed by atoms with Gasteiger partial charge in [0.25, 0.3) is 0 Å². The first-order valence-electron chi connectivity index (χ1n) is 5.32. The van der Waals surface area contributed by atoms with Crippen molar-refractivity contribution in [3.63, 3.8) is 0 Å². The molecule has 0 nitrogen and oxygen atoms in total. The Morgan fingerprint density at radius 2 is 2.00 bits per heavy atom. The van der Waals surface area contributed by atoms with Crippen LogP contribution in [0.5, 0.6) is 0 Å². The summed E-state index contributed by atoms with van der Waals surface area (Å²) in [6.45, 7) is 0. The summed E-state index contributed by atoms with van der Waals surface area (Å²) in [5, 5.41) is 3.01. The van der Waals surface area contributed by atoms with Crippen molar-refractivity contribution in [3.05, 3.63) is 22.4 Å². The number of rotatable bonds is 2. The first-order chi connectivity index (χ1) is 7.43. The molecule has 0 saturated carbocycles. The van der Waals surface area contributed by atoms with Crippen LogP contribution in [-0.2, 0) is 0 Å². The molecule has 0 amide bonds. The van der Waals surface area contributed by atoms with Gasteiger partial charge in [-0.2, -0.15) is 11.8 Å². The summed E-state index contributed by atoms with van der Waals surface area (Å²) in [6, 6.07) is 4.49. The molecule has 2 aliphatic heterocycles. The Kier molecular flexibility index (Phi) is 3.58. The van der Waals surface area contributed by atoms with E-state index in [1.54, 1.807) is 4.88 Å². The highest BCUT2D eigenvalue weighted by molar-refractivity contribution is 8.20. The lowest BCUT2D eigenvalue weighted by Crippen LogP contribution is -2.10. The standard InChI is InChI=1S/C11H14S4/c1-2-9(12-3-1)10-6-8(7-15-10)11-13-4-5-14-11/h1-3,8,10-11H,4-7H2/t8-,10+/m1/s1. The van der Waals surface area contributed by atoms with Gasteiger partial charge < -0.3 is 0 Å². The van der Waals surface area contributed by atoms with Crippen LogP contribution in [0.3, 0.4) is 0 Å². The van der Waals surface area contributed by atoms with Crippen molar-refractivity contribution < 1.29 is 0 Å². The van der Waals surface area contributed by atoms with Crippen LogP contribution in [0.2, 0.25) is 0 Å². The summed E-state index contributed by atoms with van der Waals surface area (Å²) < 4.78 is 0.905. The molecule has 0 spiro atoms. The molecule has 82 valence electrons. The van der Waals surface area contributed by atoms with Crippen molar-refractivity contribution in [2.75, 3.05) is 17.3 Å². The van der Waals surface area contributed by atoms with Crippen LogP contribution in [0.4, 0.5) is 0 Å². The highest BCUT2D eigenvalue weighted by Crippen LogP contribution is 2.51. The topological polar surface area (TPSA) is 0 Å². The Morgan fingerprint density at radius 1 is 1.13 bits per heavy atom. The zero-order valence-corrected chi connectivity index (χ0v) is 11.7. The molecule has 0 bridgehead atoms. The zero-order chi connectivity index (χ0) is 10.1. The molecular weight excluding hydrogens is 260 g/mol. The van der Waals surface area contributed by atoms with Gasteiger partial charge in [0.1, 0.15) is 0 Å². The highest BCUT2D eigenvalue weighted by atomic mass is 32.2. The van der Waals surface area contributed by atoms with E-state index in [2.05, 4.69) is 52.8 Å². The fraction of sp³-hybridized carbons (Fsp3) is 0.636. The quantitative estimate of drug-likeness (QED) is 0.787. The fourth-order valence-electron chi connectivity index (χ4n) is 2.16. The highest BCUT2D eigenvalue weighted by Gasteiger charge is 2.34. The lowest BCUT2D eigenvalue weighted by molar-refractivity contribution is 0.616. The van der Waals surface area contributed by atoms with Gasteiger partial charge in [0.15, 0.2) is 0 Å². The maximum atomic E-state index is 2.31. The Bertz CT molecular complexity index is 302. The van der Waals surface area contributed by atoms with Gasteiger partial charge in [-0.25, -0.2) is 0 Å². The molecule has 2 saturated heterocycles. The Balaban J connectivity index is 1.63. The molecule has 2 atom stereocenters. The van der Waals surface area contributed by atoms with Crippen LogP contribution in [0, 0.1) is 5.92 Å². The van der Waals surface area contributed by atoms with Gasteiger partial charge >= 0.3 is 0 Å². The van der Waals surface area contributed by atoms with Crippen molar-refractivity contribution in [3.8, 4) is 0 Å². The molecule has 3 rings (SSSR count). The molecule has 0 radical (unpaired) electrons. The third-order valence-corrected chi connectivity index (χ3v) is 8.91. The van der Waals surface area contributed by atoms with Gasteiger partial charge in [-0.3, -0.25) is 0 Å². The van der Waals surface area contributed by atoms with Crippen LogP contribution >= 0.6 is 46.6 Å². The van der Waals surface area contributed by atoms with Gasteiger partial charge in [-0.05, 0) is 29.5 Å². The van der Waals surface area contributed by atoms with Crippen molar-refractivity contribution in [2.24, 2.45) is 5.92 Å². The number of thioether (sulfide) groups is 3. The SMILES string of the molecule is c1csc([C@@H]2C[C@@H](C3SCCS3)CS2)c1. The molecule has 2 fully saturated rings. The minimum Gasteiger partial charge on any atom is -0.153 e. The van der Waals surface area contributed by atoms with E-state index >= 15 is 0 Å². The van der Waals surface area contributed by atoms with Crippen molar-refractivity contribution in [1.82, 2.24) is 0 Å². The van der Waals surface area contributed by atoms with Crippen LogP contribution in [0.15, 0.2) is 17.5 Å². The van der Waals surface area contributed by atoms with E-state index in [4.69, 9.17) is 0 Å². The Morgan fingerprint density at radius 3 is 2.73 bits per heavy atom. The monoisotopic (exact) mass is 274 g/mol. The van der Waals surface area contributed by atoms with E-state index in [-0.39, 0.29) is 0 Å². The van der Waals surface area contributed by atoms with Crippen LogP contribution < -0.4 is 0 Å². The zero-order valence-electron chi connectivity index (χ0n) is 8.43. The maximum absolute atomic E-state index is 2.31. The maximum Gasteiger partial charge on any atom is 0.0539 e. The minimum atomic E-state index is 0.803. The van der Waals surface area contributed by atoms with Gasteiger partial charge in [-0.1, -0.05) is 6.07 Å². The molecule has 4 heteroatoms. The predicted octanol–water partition coefficient (Wildman–Crippen LogP) is 4.35. The van der Waals surface area contributed by atoms with E-state index in [0.717, 1.165) is 15.7 Å². The summed E-state index contributed by atoms with van der Waals surface area (Å²) in [4.78, 5) is 1.59. The third kappa shape index (κ3) is 2.38. The smallest absolute Gasteiger partial charge is 0.0539 e. The molecule has 3 heterocycles. The lowest BCUT2D eigenvalue weighted by atomic mass is 10.1. The second kappa shape index (κ2) is 4.94. The lowest BCUT2D eigenvalue weighted by Gasteiger charge is -2.15. The summed E-state index contributed by atoms with van der Waals surface area (Å²) >= 11 is 8.49. The van der Waals surface area contributed by atoms with Crippen LogP contribution in [0.1, 0.15) is 16.5 Å². The summed E-state index contributed by atoms with van der Waals surface area (Å²) in [5.41, 5.74) is 0. The van der Waals surface area contributed by atoms with Crippen molar-refractivity contribution >= 4 is 46.6 Å². The summed E-state index contributed by atoms with van der Waals surface area (Å²) in [6.07, 6.45) is 1.41. The second-order valence-electron chi connectivity index (χ2n) is 3.94. The minimum absolute atomic E-state index is 0.803. The first-order valence-corrected chi connectivity index (χ1v) is 9.34. The summed E-state index contributed by atoms with van der Waals surface area (Å²) in [5.74, 6) is 5.09. The van der Waals surface area contributed by atoms with Gasteiger partial charge in [0, 0.05) is 21.6 Å². The number of thiophene rings is 1. The average Bonchev–Trinajstić information content (AvgIpc) is 3.02. The number of hydrogen-bond acceptors (Lipinski definition) is 4. The Hall–Kier alpha value is 0.750. The van der Waals surface area contributed by atoms with Gasteiger partial charge in [0.05, 0.1) is 4.58 Å². The van der Waals surface area contributed by atoms with Crippen molar-refractivity contribution in [1.29, 1.82) is 0 Å². The molecule has 0 aliphatic carbocycles.